The molecular formula is C6H13ClMgO. The van der Waals surface area contributed by atoms with Gasteiger partial charge in [-0.2, -0.15) is 0 Å². The molecule has 0 aromatic rings. The van der Waals surface area contributed by atoms with Gasteiger partial charge in [0.1, 0.15) is 0 Å². The van der Waals surface area contributed by atoms with E-state index in [9.17, 15) is 0 Å². The van der Waals surface area contributed by atoms with Crippen LogP contribution in [0.5, 0.6) is 0 Å². The summed E-state index contributed by atoms with van der Waals surface area (Å²) in [6, 6.07) is 0. The van der Waals surface area contributed by atoms with Crippen molar-refractivity contribution < 1.29 is 4.74 Å². The quantitative estimate of drug-likeness (QED) is 0.428. The first kappa shape index (κ1) is 10.0. The molecule has 0 unspecified atom stereocenters. The van der Waals surface area contributed by atoms with Gasteiger partial charge in [-0.25, -0.2) is 0 Å². The molecule has 3 heteroatoms. The predicted molar refractivity (Wildman–Crippen MR) is 42.1 cm³/mol. The van der Waals surface area contributed by atoms with Crippen molar-refractivity contribution in [1.82, 2.24) is 0 Å². The second-order valence-electron chi connectivity index (χ2n) is 1.95. The molecule has 0 heterocycles. The third-order valence-corrected chi connectivity index (χ3v) is 2.70. The summed E-state index contributed by atoms with van der Waals surface area (Å²) < 4.78 is 6.41. The van der Waals surface area contributed by atoms with Crippen molar-refractivity contribution in [2.24, 2.45) is 0 Å². The van der Waals surface area contributed by atoms with E-state index in [1.165, 1.54) is 17.4 Å². The minimum atomic E-state index is -0.204. The Morgan fingerprint density at radius 2 is 2.22 bits per heavy atom. The van der Waals surface area contributed by atoms with Gasteiger partial charge < -0.3 is 13.8 Å². The number of unbranched alkanes of at least 4 members (excludes halogenated alkanes) is 1. The van der Waals surface area contributed by atoms with Gasteiger partial charge in [0, 0.05) is 13.2 Å². The largest absolute Gasteiger partial charge is 0.501 e. The molecule has 0 rings (SSSR count). The molecule has 0 aromatic heterocycles. The van der Waals surface area contributed by atoms with Crippen molar-refractivity contribution in [2.45, 2.75) is 24.3 Å². The molecule has 0 bridgehead atoms. The van der Waals surface area contributed by atoms with E-state index >= 15 is 0 Å². The summed E-state index contributed by atoms with van der Waals surface area (Å²) in [5, 5.41) is 0. The molecule has 0 aliphatic rings. The van der Waals surface area contributed by atoms with E-state index in [-0.39, 0.29) is 19.3 Å². The van der Waals surface area contributed by atoms with E-state index in [4.69, 9.17) is 13.8 Å². The smallest absolute Gasteiger partial charge is 0.382 e. The Kier molecular flexibility index (Phi) is 10.0. The normalized spacial score (nSPS) is 9.11. The van der Waals surface area contributed by atoms with Crippen LogP contribution in [0.1, 0.15) is 19.8 Å². The summed E-state index contributed by atoms with van der Waals surface area (Å²) in [6.07, 6.45) is 2.45. The van der Waals surface area contributed by atoms with E-state index in [1.54, 1.807) is 0 Å². The van der Waals surface area contributed by atoms with Crippen LogP contribution in [0.4, 0.5) is 0 Å². The second-order valence-corrected chi connectivity index (χ2v) is 4.17. The van der Waals surface area contributed by atoms with Gasteiger partial charge in [-0.05, 0) is 13.3 Å². The van der Waals surface area contributed by atoms with Crippen molar-refractivity contribution in [3.05, 3.63) is 0 Å². The highest BCUT2D eigenvalue weighted by molar-refractivity contribution is 6.93. The third-order valence-electron chi connectivity index (χ3n) is 1.13. The highest BCUT2D eigenvalue weighted by Gasteiger charge is 1.90. The summed E-state index contributed by atoms with van der Waals surface area (Å²) in [7, 11) is 5.61. The van der Waals surface area contributed by atoms with Crippen LogP contribution in [0.25, 0.3) is 0 Å². The molecular weight excluding hydrogens is 148 g/mol. The van der Waals surface area contributed by atoms with Crippen LogP contribution in [0.2, 0.25) is 4.55 Å². The van der Waals surface area contributed by atoms with Gasteiger partial charge in [0.05, 0.1) is 0 Å². The zero-order chi connectivity index (χ0) is 6.95. The van der Waals surface area contributed by atoms with Crippen molar-refractivity contribution in [1.29, 1.82) is 0 Å². The Hall–Kier alpha value is 1.02. The van der Waals surface area contributed by atoms with Crippen LogP contribution < -0.4 is 0 Å². The SMILES string of the molecule is CCOCCC[CH2][Mg][Cl]. The number of hydrogen-bond donors (Lipinski definition) is 0. The Morgan fingerprint density at radius 1 is 1.44 bits per heavy atom. The number of hydrogen-bond acceptors (Lipinski definition) is 1. The van der Waals surface area contributed by atoms with Crippen LogP contribution in [0.15, 0.2) is 0 Å². The van der Waals surface area contributed by atoms with Crippen LogP contribution >= 0.6 is 9.07 Å². The lowest BCUT2D eigenvalue weighted by Crippen LogP contribution is -1.93. The van der Waals surface area contributed by atoms with Crippen LogP contribution in [0.3, 0.4) is 0 Å². The Labute approximate surface area is 70.6 Å². The fourth-order valence-electron chi connectivity index (χ4n) is 0.620. The molecule has 0 atom stereocenters. The van der Waals surface area contributed by atoms with Gasteiger partial charge >= 0.3 is 19.3 Å². The molecule has 0 saturated heterocycles. The molecule has 9 heavy (non-hydrogen) atoms. The topological polar surface area (TPSA) is 9.23 Å². The lowest BCUT2D eigenvalue weighted by atomic mass is 10.4. The highest BCUT2D eigenvalue weighted by Crippen LogP contribution is 1.96. The lowest BCUT2D eigenvalue weighted by Gasteiger charge is -1.97. The fourth-order valence-corrected chi connectivity index (χ4v) is 1.73. The number of halogens is 1. The van der Waals surface area contributed by atoms with Gasteiger partial charge in [0.15, 0.2) is 0 Å². The van der Waals surface area contributed by atoms with Crippen LogP contribution in [-0.2, 0) is 4.74 Å². The minimum Gasteiger partial charge on any atom is -0.382 e. The summed E-state index contributed by atoms with van der Waals surface area (Å²) in [5.41, 5.74) is 0. The number of rotatable bonds is 6. The Balaban J connectivity index is 2.60. The zero-order valence-electron chi connectivity index (χ0n) is 6.03. The molecule has 0 aliphatic heterocycles. The molecule has 0 amide bonds. The maximum absolute atomic E-state index is 5.61. The molecule has 0 saturated carbocycles. The molecule has 1 nitrogen and oxygen atoms in total. The Morgan fingerprint density at radius 3 is 2.78 bits per heavy atom. The van der Waals surface area contributed by atoms with Crippen molar-refractivity contribution in [2.75, 3.05) is 13.2 Å². The van der Waals surface area contributed by atoms with Gasteiger partial charge in [0.2, 0.25) is 0 Å². The molecule has 0 N–H and O–H groups in total. The van der Waals surface area contributed by atoms with E-state index < -0.39 is 0 Å². The van der Waals surface area contributed by atoms with E-state index in [1.807, 2.05) is 6.92 Å². The van der Waals surface area contributed by atoms with E-state index in [0.29, 0.717) is 0 Å². The van der Waals surface area contributed by atoms with Gasteiger partial charge in [-0.15, -0.1) is 4.55 Å². The van der Waals surface area contributed by atoms with Crippen molar-refractivity contribution in [3.8, 4) is 0 Å². The molecule has 52 valence electrons. The van der Waals surface area contributed by atoms with E-state index in [0.717, 1.165) is 13.2 Å². The maximum Gasteiger partial charge on any atom is 0.501 e. The summed E-state index contributed by atoms with van der Waals surface area (Å²) in [6.45, 7) is 3.79. The standard InChI is InChI=1S/C6H13O.ClH.Mg/c1-3-5-6-7-4-2;;/h1,3-6H2,2H3;1H;/q;;+1/p-1. The summed E-state index contributed by atoms with van der Waals surface area (Å²) in [5.74, 6) is 0. The first-order valence-electron chi connectivity index (χ1n) is 3.55. The highest BCUT2D eigenvalue weighted by atomic mass is 35.5. The van der Waals surface area contributed by atoms with Gasteiger partial charge in [-0.1, -0.05) is 6.42 Å². The third kappa shape index (κ3) is 9.02. The van der Waals surface area contributed by atoms with Gasteiger partial charge in [-0.3, -0.25) is 0 Å². The second kappa shape index (κ2) is 9.02. The average Bonchev–Trinajstić information content (AvgIpc) is 1.89. The van der Waals surface area contributed by atoms with E-state index in [2.05, 4.69) is 0 Å². The van der Waals surface area contributed by atoms with Crippen molar-refractivity contribution >= 4 is 28.3 Å². The Bertz CT molecular complexity index is 46.3. The summed E-state index contributed by atoms with van der Waals surface area (Å²) in [4.78, 5) is 0. The van der Waals surface area contributed by atoms with Gasteiger partial charge in [0.25, 0.3) is 0 Å². The monoisotopic (exact) mass is 160 g/mol. The first-order chi connectivity index (χ1) is 4.41. The molecule has 0 radical (unpaired) electrons. The molecule has 0 spiro atoms. The van der Waals surface area contributed by atoms with Crippen molar-refractivity contribution in [3.63, 3.8) is 0 Å². The maximum atomic E-state index is 5.61. The minimum absolute atomic E-state index is 0.204. The molecule has 0 aliphatic carbocycles. The first-order valence-corrected chi connectivity index (χ1v) is 6.69. The number of ether oxygens (including phenoxy) is 1. The zero-order valence-corrected chi connectivity index (χ0v) is 8.20. The predicted octanol–water partition coefficient (Wildman–Crippen LogP) is 2.08. The molecule has 0 fully saturated rings. The van der Waals surface area contributed by atoms with Crippen LogP contribution in [-0.4, -0.2) is 32.5 Å². The van der Waals surface area contributed by atoms with Crippen LogP contribution in [0, 0.1) is 0 Å². The summed E-state index contributed by atoms with van der Waals surface area (Å²) >= 11 is -0.204. The molecule has 0 aromatic carbocycles. The fraction of sp³-hybridized carbons (Fsp3) is 1.00. The lowest BCUT2D eigenvalue weighted by molar-refractivity contribution is 0.144. The average molecular weight is 161 g/mol.